The van der Waals surface area contributed by atoms with Crippen LogP contribution in [0.3, 0.4) is 0 Å². The van der Waals surface area contributed by atoms with E-state index in [4.69, 9.17) is 5.11 Å². The van der Waals surface area contributed by atoms with Gasteiger partial charge in [0.2, 0.25) is 5.91 Å². The highest BCUT2D eigenvalue weighted by molar-refractivity contribution is 5.83. The lowest BCUT2D eigenvalue weighted by molar-refractivity contribution is -0.142. The fraction of sp³-hybridized carbons (Fsp3) is 0.636. The Morgan fingerprint density at radius 2 is 2.17 bits per heavy atom. The molecule has 7 heteroatoms. The third-order valence-corrected chi connectivity index (χ3v) is 2.38. The third kappa shape index (κ3) is 4.94. The number of aliphatic carboxylic acids is 1. The fourth-order valence-electron chi connectivity index (χ4n) is 1.53. The summed E-state index contributed by atoms with van der Waals surface area (Å²) in [6.07, 6.45) is 3.78. The Bertz CT molecular complexity index is 389. The molecule has 0 aliphatic carbocycles. The molecule has 0 fully saturated rings. The van der Waals surface area contributed by atoms with E-state index < -0.39 is 12.0 Å². The van der Waals surface area contributed by atoms with Gasteiger partial charge >= 0.3 is 5.97 Å². The molecule has 0 bridgehead atoms. The van der Waals surface area contributed by atoms with E-state index in [0.29, 0.717) is 13.0 Å². The summed E-state index contributed by atoms with van der Waals surface area (Å²) in [6.45, 7) is 4.22. The Balaban J connectivity index is 2.39. The summed E-state index contributed by atoms with van der Waals surface area (Å²) in [6, 6.07) is -0.826. The number of nitrogens with zero attached hydrogens (tertiary/aromatic N) is 3. The van der Waals surface area contributed by atoms with Crippen LogP contribution in [0.15, 0.2) is 12.4 Å². The summed E-state index contributed by atoms with van der Waals surface area (Å²) in [7, 11) is 0. The summed E-state index contributed by atoms with van der Waals surface area (Å²) >= 11 is 0. The van der Waals surface area contributed by atoms with Gasteiger partial charge in [0.1, 0.15) is 6.04 Å². The van der Waals surface area contributed by atoms with Crippen LogP contribution in [-0.4, -0.2) is 38.0 Å². The highest BCUT2D eigenvalue weighted by Gasteiger charge is 2.20. The number of aromatic nitrogens is 3. The first kappa shape index (κ1) is 14.1. The van der Waals surface area contributed by atoms with E-state index in [-0.39, 0.29) is 18.2 Å². The molecule has 1 rings (SSSR count). The molecule has 1 heterocycles. The molecule has 0 unspecified atom stereocenters. The molecule has 0 saturated carbocycles. The van der Waals surface area contributed by atoms with Crippen LogP contribution in [0.2, 0.25) is 0 Å². The van der Waals surface area contributed by atoms with Crippen LogP contribution >= 0.6 is 0 Å². The third-order valence-electron chi connectivity index (χ3n) is 2.38. The lowest BCUT2D eigenvalue weighted by Gasteiger charge is -2.16. The van der Waals surface area contributed by atoms with Crippen LogP contribution in [0.25, 0.3) is 0 Å². The van der Waals surface area contributed by atoms with Crippen molar-refractivity contribution in [1.29, 1.82) is 0 Å². The van der Waals surface area contributed by atoms with Gasteiger partial charge in [-0.15, -0.1) is 5.10 Å². The quantitative estimate of drug-likeness (QED) is 0.728. The average molecular weight is 254 g/mol. The summed E-state index contributed by atoms with van der Waals surface area (Å²) in [4.78, 5) is 22.6. The molecule has 0 radical (unpaired) electrons. The van der Waals surface area contributed by atoms with E-state index in [1.54, 1.807) is 6.20 Å². The molecule has 1 aromatic rings. The van der Waals surface area contributed by atoms with Crippen LogP contribution in [-0.2, 0) is 16.1 Å². The Hall–Kier alpha value is -1.92. The van der Waals surface area contributed by atoms with Gasteiger partial charge in [0.15, 0.2) is 0 Å². The number of hydrogen-bond donors (Lipinski definition) is 2. The average Bonchev–Trinajstić information content (AvgIpc) is 2.77. The van der Waals surface area contributed by atoms with Gasteiger partial charge in [-0.05, 0) is 12.3 Å². The van der Waals surface area contributed by atoms with Crippen LogP contribution in [0.4, 0.5) is 0 Å². The maximum absolute atomic E-state index is 11.6. The van der Waals surface area contributed by atoms with Gasteiger partial charge in [-0.2, -0.15) is 0 Å². The van der Waals surface area contributed by atoms with E-state index >= 15 is 0 Å². The number of hydrogen-bond acceptors (Lipinski definition) is 4. The largest absolute Gasteiger partial charge is 0.480 e. The Kier molecular flexibility index (Phi) is 5.29. The van der Waals surface area contributed by atoms with Gasteiger partial charge in [0, 0.05) is 12.6 Å². The Morgan fingerprint density at radius 1 is 1.44 bits per heavy atom. The molecular weight excluding hydrogens is 236 g/mol. The van der Waals surface area contributed by atoms with E-state index in [1.165, 1.54) is 10.9 Å². The number of nitrogens with one attached hydrogen (secondary N) is 1. The van der Waals surface area contributed by atoms with E-state index in [1.807, 2.05) is 13.8 Å². The second-order valence-electron chi connectivity index (χ2n) is 4.50. The fourth-order valence-corrected chi connectivity index (χ4v) is 1.53. The summed E-state index contributed by atoms with van der Waals surface area (Å²) < 4.78 is 1.53. The minimum Gasteiger partial charge on any atom is -0.480 e. The van der Waals surface area contributed by atoms with Gasteiger partial charge in [-0.1, -0.05) is 19.1 Å². The minimum absolute atomic E-state index is 0.186. The summed E-state index contributed by atoms with van der Waals surface area (Å²) in [5.41, 5.74) is 0. The molecule has 1 atom stereocenters. The molecule has 1 aromatic heterocycles. The second kappa shape index (κ2) is 6.73. The zero-order chi connectivity index (χ0) is 13.5. The van der Waals surface area contributed by atoms with Crippen LogP contribution < -0.4 is 5.32 Å². The molecule has 0 aromatic carbocycles. The zero-order valence-corrected chi connectivity index (χ0v) is 10.5. The van der Waals surface area contributed by atoms with Gasteiger partial charge in [-0.25, -0.2) is 4.79 Å². The standard InChI is InChI=1S/C11H18N4O3/c1-8(2)7-9(11(17)18)13-10(16)3-5-15-6-4-12-14-15/h4,6,8-9H,3,5,7H2,1-2H3,(H,13,16)(H,17,18)/t9-/m1/s1. The van der Waals surface area contributed by atoms with E-state index in [2.05, 4.69) is 15.6 Å². The van der Waals surface area contributed by atoms with Gasteiger partial charge in [0.05, 0.1) is 12.7 Å². The van der Waals surface area contributed by atoms with Crippen molar-refractivity contribution in [3.05, 3.63) is 12.4 Å². The molecule has 0 spiro atoms. The van der Waals surface area contributed by atoms with E-state index in [9.17, 15) is 9.59 Å². The number of carbonyl (C=O) groups excluding carboxylic acids is 1. The number of carboxylic acid groups (broad SMARTS) is 1. The first-order valence-electron chi connectivity index (χ1n) is 5.85. The van der Waals surface area contributed by atoms with Crippen molar-refractivity contribution in [1.82, 2.24) is 20.3 Å². The van der Waals surface area contributed by atoms with Crippen molar-refractivity contribution in [2.45, 2.75) is 39.3 Å². The molecule has 1 amide bonds. The van der Waals surface area contributed by atoms with Gasteiger partial charge in [0.25, 0.3) is 0 Å². The lowest BCUT2D eigenvalue weighted by Crippen LogP contribution is -2.41. The maximum atomic E-state index is 11.6. The van der Waals surface area contributed by atoms with E-state index in [0.717, 1.165) is 0 Å². The number of amides is 1. The normalized spacial score (nSPS) is 12.4. The lowest BCUT2D eigenvalue weighted by atomic mass is 10.0. The number of carbonyl (C=O) groups is 2. The number of carboxylic acids is 1. The van der Waals surface area contributed by atoms with Crippen molar-refractivity contribution in [3.8, 4) is 0 Å². The van der Waals surface area contributed by atoms with Crippen LogP contribution in [0.1, 0.15) is 26.7 Å². The van der Waals surface area contributed by atoms with Crippen LogP contribution in [0, 0.1) is 5.92 Å². The Morgan fingerprint density at radius 3 is 2.67 bits per heavy atom. The molecule has 7 nitrogen and oxygen atoms in total. The topological polar surface area (TPSA) is 97.1 Å². The van der Waals surface area contributed by atoms with Crippen molar-refractivity contribution < 1.29 is 14.7 Å². The zero-order valence-electron chi connectivity index (χ0n) is 10.5. The molecule has 0 aliphatic heterocycles. The first-order valence-corrected chi connectivity index (χ1v) is 5.85. The second-order valence-corrected chi connectivity index (χ2v) is 4.50. The first-order chi connectivity index (χ1) is 8.49. The SMILES string of the molecule is CC(C)C[C@@H](NC(=O)CCn1ccnn1)C(=O)O. The van der Waals surface area contributed by atoms with Crippen molar-refractivity contribution in [3.63, 3.8) is 0 Å². The number of aryl methyl sites for hydroxylation is 1. The molecule has 0 aliphatic rings. The smallest absolute Gasteiger partial charge is 0.326 e. The van der Waals surface area contributed by atoms with Gasteiger partial charge in [-0.3, -0.25) is 9.48 Å². The van der Waals surface area contributed by atoms with Crippen molar-refractivity contribution >= 4 is 11.9 Å². The summed E-state index contributed by atoms with van der Waals surface area (Å²) in [5, 5.41) is 18.8. The minimum atomic E-state index is -1.00. The van der Waals surface area contributed by atoms with Crippen molar-refractivity contribution in [2.75, 3.05) is 0 Å². The number of rotatable bonds is 7. The maximum Gasteiger partial charge on any atom is 0.326 e. The van der Waals surface area contributed by atoms with Gasteiger partial charge < -0.3 is 10.4 Å². The predicted molar refractivity (Wildman–Crippen MR) is 63.7 cm³/mol. The predicted octanol–water partition coefficient (Wildman–Crippen LogP) is 0.284. The molecule has 100 valence electrons. The Labute approximate surface area is 105 Å². The monoisotopic (exact) mass is 254 g/mol. The molecule has 0 saturated heterocycles. The highest BCUT2D eigenvalue weighted by Crippen LogP contribution is 2.05. The van der Waals surface area contributed by atoms with Crippen LogP contribution in [0.5, 0.6) is 0 Å². The molecule has 2 N–H and O–H groups in total. The summed E-state index contributed by atoms with van der Waals surface area (Å²) in [5.74, 6) is -1.09. The van der Waals surface area contributed by atoms with Crippen molar-refractivity contribution in [2.24, 2.45) is 5.92 Å². The highest BCUT2D eigenvalue weighted by atomic mass is 16.4. The molecule has 18 heavy (non-hydrogen) atoms. The molecular formula is C11H18N4O3.